The minimum Gasteiger partial charge on any atom is -0.389 e. The minimum absolute atomic E-state index is 0.0560. The number of hydrogen-bond acceptors (Lipinski definition) is 2. The molecule has 3 atom stereocenters. The Hall–Kier alpha value is -0.530. The van der Waals surface area contributed by atoms with E-state index in [0.29, 0.717) is 11.8 Å². The predicted molar refractivity (Wildman–Crippen MR) is 55.8 cm³/mol. The predicted octanol–water partition coefficient (Wildman–Crippen LogP) is 3.22. The van der Waals surface area contributed by atoms with Gasteiger partial charge in [0.05, 0.1) is 5.71 Å². The molecule has 0 saturated heterocycles. The van der Waals surface area contributed by atoms with Crippen LogP contribution in [-0.2, 0) is 4.84 Å². The van der Waals surface area contributed by atoms with Gasteiger partial charge in [0.1, 0.15) is 5.60 Å². The zero-order valence-electron chi connectivity index (χ0n) is 9.42. The first kappa shape index (κ1) is 10.6. The molecule has 0 radical (unpaired) electrons. The van der Waals surface area contributed by atoms with E-state index in [9.17, 15) is 0 Å². The van der Waals surface area contributed by atoms with Crippen molar-refractivity contribution in [3.05, 3.63) is 0 Å². The Morgan fingerprint density at radius 2 is 2.15 bits per heavy atom. The first-order chi connectivity index (χ1) is 5.99. The monoisotopic (exact) mass is 183 g/mol. The molecule has 0 saturated carbocycles. The second kappa shape index (κ2) is 3.69. The van der Waals surface area contributed by atoms with Crippen LogP contribution in [0.25, 0.3) is 0 Å². The lowest BCUT2D eigenvalue weighted by Gasteiger charge is -2.32. The number of oxime groups is 1. The molecule has 0 aromatic carbocycles. The maximum Gasteiger partial charge on any atom is 0.143 e. The Morgan fingerprint density at radius 1 is 1.54 bits per heavy atom. The molecule has 0 aromatic heterocycles. The second-order valence-electron chi connectivity index (χ2n) is 4.58. The molecule has 0 amide bonds. The summed E-state index contributed by atoms with van der Waals surface area (Å²) in [5.74, 6) is 1.27. The SMILES string of the molecule is CCC(C)C(C)C1(C)CC(C)=NO1. The minimum atomic E-state index is -0.0560. The summed E-state index contributed by atoms with van der Waals surface area (Å²) in [6.07, 6.45) is 2.19. The molecule has 1 rings (SSSR count). The molecule has 2 heteroatoms. The van der Waals surface area contributed by atoms with Gasteiger partial charge in [-0.1, -0.05) is 32.3 Å². The lowest BCUT2D eigenvalue weighted by atomic mass is 9.78. The van der Waals surface area contributed by atoms with Gasteiger partial charge in [0, 0.05) is 12.3 Å². The van der Waals surface area contributed by atoms with E-state index in [1.807, 2.05) is 6.92 Å². The van der Waals surface area contributed by atoms with Gasteiger partial charge in [0.15, 0.2) is 0 Å². The molecule has 76 valence electrons. The van der Waals surface area contributed by atoms with E-state index in [4.69, 9.17) is 4.84 Å². The summed E-state index contributed by atoms with van der Waals surface area (Å²) in [7, 11) is 0. The third kappa shape index (κ3) is 2.04. The quantitative estimate of drug-likeness (QED) is 0.658. The van der Waals surface area contributed by atoms with Gasteiger partial charge < -0.3 is 4.84 Å². The van der Waals surface area contributed by atoms with Crippen molar-refractivity contribution < 1.29 is 4.84 Å². The van der Waals surface area contributed by atoms with Crippen LogP contribution in [-0.4, -0.2) is 11.3 Å². The standard InChI is InChI=1S/C11H21NO/c1-6-8(2)10(4)11(5)7-9(3)12-13-11/h8,10H,6-7H2,1-5H3. The highest BCUT2D eigenvalue weighted by atomic mass is 16.7. The van der Waals surface area contributed by atoms with Crippen molar-refractivity contribution in [2.24, 2.45) is 17.0 Å². The van der Waals surface area contributed by atoms with Gasteiger partial charge >= 0.3 is 0 Å². The van der Waals surface area contributed by atoms with E-state index >= 15 is 0 Å². The number of hydrogen-bond donors (Lipinski definition) is 0. The van der Waals surface area contributed by atoms with Crippen molar-refractivity contribution in [1.29, 1.82) is 0 Å². The normalized spacial score (nSPS) is 32.2. The Balaban J connectivity index is 2.61. The van der Waals surface area contributed by atoms with E-state index in [-0.39, 0.29) is 5.60 Å². The molecule has 0 bridgehead atoms. The van der Waals surface area contributed by atoms with Gasteiger partial charge in [-0.3, -0.25) is 0 Å². The highest BCUT2D eigenvalue weighted by Gasteiger charge is 2.40. The van der Waals surface area contributed by atoms with Gasteiger partial charge in [-0.2, -0.15) is 0 Å². The van der Waals surface area contributed by atoms with Gasteiger partial charge in [0.2, 0.25) is 0 Å². The summed E-state index contributed by atoms with van der Waals surface area (Å²) in [6, 6.07) is 0. The molecule has 0 spiro atoms. The Morgan fingerprint density at radius 3 is 2.54 bits per heavy atom. The van der Waals surface area contributed by atoms with E-state index in [1.165, 1.54) is 6.42 Å². The lowest BCUT2D eigenvalue weighted by Crippen LogP contribution is -2.36. The van der Waals surface area contributed by atoms with Crippen LogP contribution in [0.1, 0.15) is 47.5 Å². The molecule has 0 aromatic rings. The van der Waals surface area contributed by atoms with Gasteiger partial charge in [-0.25, -0.2) is 0 Å². The summed E-state index contributed by atoms with van der Waals surface area (Å²) in [6.45, 7) is 11.0. The third-order valence-electron chi connectivity index (χ3n) is 3.48. The van der Waals surface area contributed by atoms with Crippen LogP contribution < -0.4 is 0 Å². The van der Waals surface area contributed by atoms with Crippen molar-refractivity contribution in [1.82, 2.24) is 0 Å². The maximum absolute atomic E-state index is 5.53. The van der Waals surface area contributed by atoms with Crippen molar-refractivity contribution in [2.75, 3.05) is 0 Å². The molecule has 2 nitrogen and oxygen atoms in total. The molecule has 1 aliphatic heterocycles. The van der Waals surface area contributed by atoms with Crippen molar-refractivity contribution in [3.63, 3.8) is 0 Å². The first-order valence-electron chi connectivity index (χ1n) is 5.21. The molecule has 0 fully saturated rings. The molecular weight excluding hydrogens is 162 g/mol. The highest BCUT2D eigenvalue weighted by molar-refractivity contribution is 5.83. The molecule has 3 unspecified atom stereocenters. The average Bonchev–Trinajstić information content (AvgIpc) is 2.45. The fourth-order valence-corrected chi connectivity index (χ4v) is 1.95. The van der Waals surface area contributed by atoms with Crippen molar-refractivity contribution in [2.45, 2.75) is 53.1 Å². The Labute approximate surface area is 81.3 Å². The van der Waals surface area contributed by atoms with Gasteiger partial charge in [-0.15, -0.1) is 0 Å². The fraction of sp³-hybridized carbons (Fsp3) is 0.909. The van der Waals surface area contributed by atoms with E-state index in [0.717, 1.165) is 12.1 Å². The number of rotatable bonds is 3. The lowest BCUT2D eigenvalue weighted by molar-refractivity contribution is -0.0599. The van der Waals surface area contributed by atoms with Crippen LogP contribution in [0, 0.1) is 11.8 Å². The smallest absolute Gasteiger partial charge is 0.143 e. The van der Waals surface area contributed by atoms with Crippen LogP contribution in [0.15, 0.2) is 5.16 Å². The summed E-state index contributed by atoms with van der Waals surface area (Å²) in [5.41, 5.74) is 1.07. The first-order valence-corrected chi connectivity index (χ1v) is 5.21. The zero-order chi connectivity index (χ0) is 10.1. The number of nitrogens with zero attached hydrogens (tertiary/aromatic N) is 1. The zero-order valence-corrected chi connectivity index (χ0v) is 9.42. The van der Waals surface area contributed by atoms with Crippen LogP contribution in [0.5, 0.6) is 0 Å². The van der Waals surface area contributed by atoms with Gasteiger partial charge in [-0.05, 0) is 19.8 Å². The topological polar surface area (TPSA) is 21.6 Å². The second-order valence-corrected chi connectivity index (χ2v) is 4.58. The van der Waals surface area contributed by atoms with Crippen LogP contribution in [0.3, 0.4) is 0 Å². The van der Waals surface area contributed by atoms with E-state index in [1.54, 1.807) is 0 Å². The van der Waals surface area contributed by atoms with E-state index in [2.05, 4.69) is 32.9 Å². The van der Waals surface area contributed by atoms with Gasteiger partial charge in [0.25, 0.3) is 0 Å². The summed E-state index contributed by atoms with van der Waals surface area (Å²) < 4.78 is 0. The van der Waals surface area contributed by atoms with Crippen molar-refractivity contribution in [3.8, 4) is 0 Å². The van der Waals surface area contributed by atoms with E-state index < -0.39 is 0 Å². The van der Waals surface area contributed by atoms with Crippen LogP contribution in [0.4, 0.5) is 0 Å². The molecule has 0 N–H and O–H groups in total. The molecule has 13 heavy (non-hydrogen) atoms. The molecular formula is C11H21NO. The Bertz CT molecular complexity index is 212. The summed E-state index contributed by atoms with van der Waals surface area (Å²) in [5, 5.41) is 4.04. The maximum atomic E-state index is 5.53. The van der Waals surface area contributed by atoms with Crippen LogP contribution in [0.2, 0.25) is 0 Å². The largest absolute Gasteiger partial charge is 0.389 e. The molecule has 0 aliphatic carbocycles. The Kier molecular flexibility index (Phi) is 2.99. The summed E-state index contributed by atoms with van der Waals surface area (Å²) >= 11 is 0. The summed E-state index contributed by atoms with van der Waals surface area (Å²) in [4.78, 5) is 5.53. The molecule has 1 heterocycles. The van der Waals surface area contributed by atoms with Crippen LogP contribution >= 0.6 is 0 Å². The third-order valence-corrected chi connectivity index (χ3v) is 3.48. The van der Waals surface area contributed by atoms with Crippen molar-refractivity contribution >= 4 is 5.71 Å². The highest BCUT2D eigenvalue weighted by Crippen LogP contribution is 2.36. The fourth-order valence-electron chi connectivity index (χ4n) is 1.95. The molecule has 1 aliphatic rings. The average molecular weight is 183 g/mol.